The second-order valence-corrected chi connectivity index (χ2v) is 4.93. The van der Waals surface area contributed by atoms with Crippen LogP contribution in [0.1, 0.15) is 32.1 Å². The monoisotopic (exact) mass is 242 g/mol. The van der Waals surface area contributed by atoms with Crippen molar-refractivity contribution in [1.29, 1.82) is 0 Å². The first-order valence-corrected chi connectivity index (χ1v) is 6.62. The van der Waals surface area contributed by atoms with E-state index in [9.17, 15) is 0 Å². The lowest BCUT2D eigenvalue weighted by Crippen LogP contribution is -2.23. The van der Waals surface area contributed by atoms with Crippen molar-refractivity contribution in [3.63, 3.8) is 0 Å². The molecule has 0 amide bonds. The highest BCUT2D eigenvalue weighted by Crippen LogP contribution is 2.24. The number of para-hydroxylation sites is 2. The smallest absolute Gasteiger partial charge is 0.169 e. The molecule has 2 aromatic rings. The van der Waals surface area contributed by atoms with E-state index in [0.29, 0.717) is 11.9 Å². The Hall–Kier alpha value is -1.84. The summed E-state index contributed by atoms with van der Waals surface area (Å²) >= 11 is 0. The normalized spacial score (nSPS) is 16.9. The minimum Gasteiger partial charge on any atom is -0.381 e. The summed E-state index contributed by atoms with van der Waals surface area (Å²) in [6.45, 7) is 0. The Balaban J connectivity index is 1.88. The second-order valence-electron chi connectivity index (χ2n) is 4.93. The molecule has 1 heterocycles. The SMILES string of the molecule is Nc1nc2ccccc2nc1NC1CCCCC1. The molecule has 18 heavy (non-hydrogen) atoms. The highest BCUT2D eigenvalue weighted by atomic mass is 15.1. The number of nitrogens with one attached hydrogen (secondary N) is 1. The summed E-state index contributed by atoms with van der Waals surface area (Å²) in [6, 6.07) is 8.32. The fourth-order valence-electron chi connectivity index (χ4n) is 2.56. The Morgan fingerprint density at radius 3 is 2.39 bits per heavy atom. The van der Waals surface area contributed by atoms with Crippen LogP contribution in [-0.4, -0.2) is 16.0 Å². The average Bonchev–Trinajstić information content (AvgIpc) is 2.41. The summed E-state index contributed by atoms with van der Waals surface area (Å²) in [6.07, 6.45) is 6.33. The first kappa shape index (κ1) is 11.3. The molecule has 1 aliphatic carbocycles. The van der Waals surface area contributed by atoms with Crippen LogP contribution in [0.4, 0.5) is 11.6 Å². The standard InChI is InChI=1S/C14H18N4/c15-13-14(16-10-6-2-1-3-7-10)18-12-9-5-4-8-11(12)17-13/h4-5,8-10H,1-3,6-7H2,(H2,15,17)(H,16,18). The number of hydrogen-bond acceptors (Lipinski definition) is 4. The summed E-state index contributed by atoms with van der Waals surface area (Å²) in [5.41, 5.74) is 7.71. The maximum Gasteiger partial charge on any atom is 0.169 e. The lowest BCUT2D eigenvalue weighted by Gasteiger charge is -2.23. The lowest BCUT2D eigenvalue weighted by atomic mass is 9.95. The van der Waals surface area contributed by atoms with Gasteiger partial charge in [0, 0.05) is 6.04 Å². The first-order chi connectivity index (χ1) is 8.83. The molecule has 1 fully saturated rings. The predicted molar refractivity (Wildman–Crippen MR) is 74.4 cm³/mol. The van der Waals surface area contributed by atoms with E-state index < -0.39 is 0 Å². The van der Waals surface area contributed by atoms with Crippen molar-refractivity contribution in [2.24, 2.45) is 0 Å². The summed E-state index contributed by atoms with van der Waals surface area (Å²) in [4.78, 5) is 8.96. The fraction of sp³-hybridized carbons (Fsp3) is 0.429. The van der Waals surface area contributed by atoms with Gasteiger partial charge in [-0.25, -0.2) is 9.97 Å². The Morgan fingerprint density at radius 2 is 1.67 bits per heavy atom. The molecule has 0 radical (unpaired) electrons. The predicted octanol–water partition coefficient (Wildman–Crippen LogP) is 2.96. The molecule has 0 unspecified atom stereocenters. The third-order valence-corrected chi connectivity index (χ3v) is 3.54. The number of nitrogens with zero attached hydrogens (tertiary/aromatic N) is 2. The number of rotatable bonds is 2. The molecule has 1 aromatic heterocycles. The summed E-state index contributed by atoms with van der Waals surface area (Å²) in [5.74, 6) is 1.24. The van der Waals surface area contributed by atoms with Crippen LogP contribution in [0.3, 0.4) is 0 Å². The molecule has 1 saturated carbocycles. The number of anilines is 2. The molecule has 0 atom stereocenters. The zero-order chi connectivity index (χ0) is 12.4. The van der Waals surface area contributed by atoms with Crippen LogP contribution in [0, 0.1) is 0 Å². The average molecular weight is 242 g/mol. The second kappa shape index (κ2) is 4.80. The molecular weight excluding hydrogens is 224 g/mol. The van der Waals surface area contributed by atoms with Crippen molar-refractivity contribution < 1.29 is 0 Å². The van der Waals surface area contributed by atoms with Crippen LogP contribution in [0.15, 0.2) is 24.3 Å². The Labute approximate surface area is 107 Å². The van der Waals surface area contributed by atoms with Gasteiger partial charge < -0.3 is 11.1 Å². The molecule has 0 saturated heterocycles. The highest BCUT2D eigenvalue weighted by molar-refractivity contribution is 5.79. The van der Waals surface area contributed by atoms with Crippen LogP contribution >= 0.6 is 0 Å². The number of nitrogens with two attached hydrogens (primary N) is 1. The zero-order valence-corrected chi connectivity index (χ0v) is 10.4. The third kappa shape index (κ3) is 2.23. The van der Waals surface area contributed by atoms with Gasteiger partial charge in [0.2, 0.25) is 0 Å². The minimum atomic E-state index is 0.497. The fourth-order valence-corrected chi connectivity index (χ4v) is 2.56. The topological polar surface area (TPSA) is 63.8 Å². The van der Waals surface area contributed by atoms with Gasteiger partial charge in [0.25, 0.3) is 0 Å². The van der Waals surface area contributed by atoms with Crippen LogP contribution in [0.5, 0.6) is 0 Å². The van der Waals surface area contributed by atoms with Crippen molar-refractivity contribution in [3.05, 3.63) is 24.3 Å². The minimum absolute atomic E-state index is 0.497. The van der Waals surface area contributed by atoms with E-state index in [2.05, 4.69) is 15.3 Å². The van der Waals surface area contributed by atoms with E-state index in [0.717, 1.165) is 16.9 Å². The van der Waals surface area contributed by atoms with E-state index in [4.69, 9.17) is 5.73 Å². The molecule has 4 heteroatoms. The number of fused-ring (bicyclic) bond motifs is 1. The number of benzene rings is 1. The Morgan fingerprint density at radius 1 is 1.00 bits per heavy atom. The van der Waals surface area contributed by atoms with Crippen LogP contribution in [-0.2, 0) is 0 Å². The molecule has 1 aliphatic rings. The number of aromatic nitrogens is 2. The third-order valence-electron chi connectivity index (χ3n) is 3.54. The first-order valence-electron chi connectivity index (χ1n) is 6.62. The van der Waals surface area contributed by atoms with Crippen LogP contribution in [0.2, 0.25) is 0 Å². The quantitative estimate of drug-likeness (QED) is 0.849. The highest BCUT2D eigenvalue weighted by Gasteiger charge is 2.15. The van der Waals surface area contributed by atoms with Crippen molar-refractivity contribution in [2.75, 3.05) is 11.1 Å². The largest absolute Gasteiger partial charge is 0.381 e. The van der Waals surface area contributed by atoms with Crippen molar-refractivity contribution in [1.82, 2.24) is 9.97 Å². The van der Waals surface area contributed by atoms with Crippen LogP contribution < -0.4 is 11.1 Å². The molecular formula is C14H18N4. The maximum absolute atomic E-state index is 5.97. The zero-order valence-electron chi connectivity index (χ0n) is 10.4. The van der Waals surface area contributed by atoms with Gasteiger partial charge in [0.05, 0.1) is 11.0 Å². The van der Waals surface area contributed by atoms with Gasteiger partial charge in [-0.15, -0.1) is 0 Å². The summed E-state index contributed by atoms with van der Waals surface area (Å²) in [5, 5.41) is 3.44. The van der Waals surface area contributed by atoms with Gasteiger partial charge in [-0.2, -0.15) is 0 Å². The molecule has 3 rings (SSSR count). The van der Waals surface area contributed by atoms with E-state index in [1.807, 2.05) is 24.3 Å². The van der Waals surface area contributed by atoms with E-state index in [-0.39, 0.29) is 0 Å². The lowest BCUT2D eigenvalue weighted by molar-refractivity contribution is 0.462. The van der Waals surface area contributed by atoms with Gasteiger partial charge in [0.1, 0.15) is 0 Å². The summed E-state index contributed by atoms with van der Waals surface area (Å²) < 4.78 is 0. The number of nitrogen functional groups attached to an aromatic ring is 1. The molecule has 0 bridgehead atoms. The van der Waals surface area contributed by atoms with Gasteiger partial charge >= 0.3 is 0 Å². The van der Waals surface area contributed by atoms with Crippen molar-refractivity contribution in [3.8, 4) is 0 Å². The molecule has 4 nitrogen and oxygen atoms in total. The van der Waals surface area contributed by atoms with E-state index >= 15 is 0 Å². The van der Waals surface area contributed by atoms with E-state index in [1.165, 1.54) is 32.1 Å². The molecule has 0 spiro atoms. The van der Waals surface area contributed by atoms with Crippen molar-refractivity contribution >= 4 is 22.7 Å². The van der Waals surface area contributed by atoms with Crippen LogP contribution in [0.25, 0.3) is 11.0 Å². The Bertz CT molecular complexity index is 546. The molecule has 1 aromatic carbocycles. The van der Waals surface area contributed by atoms with Gasteiger partial charge in [-0.05, 0) is 25.0 Å². The maximum atomic E-state index is 5.97. The van der Waals surface area contributed by atoms with Gasteiger partial charge in [-0.3, -0.25) is 0 Å². The van der Waals surface area contributed by atoms with E-state index in [1.54, 1.807) is 0 Å². The van der Waals surface area contributed by atoms with Gasteiger partial charge in [-0.1, -0.05) is 31.4 Å². The molecule has 94 valence electrons. The van der Waals surface area contributed by atoms with Gasteiger partial charge in [0.15, 0.2) is 11.6 Å². The van der Waals surface area contributed by atoms with Crippen molar-refractivity contribution in [2.45, 2.75) is 38.1 Å². The molecule has 3 N–H and O–H groups in total. The Kier molecular flexibility index (Phi) is 3.00. The molecule has 0 aliphatic heterocycles. The number of hydrogen-bond donors (Lipinski definition) is 2. The summed E-state index contributed by atoms with van der Waals surface area (Å²) in [7, 11) is 0.